The smallest absolute Gasteiger partial charge is 0.264 e. The number of carbonyl (C=O) groups excluding carboxylic acids is 2. The van der Waals surface area contributed by atoms with Gasteiger partial charge in [0.25, 0.3) is 5.91 Å². The molecule has 0 bridgehead atoms. The van der Waals surface area contributed by atoms with Gasteiger partial charge < -0.3 is 10.2 Å². The Hall–Kier alpha value is -3.32. The number of anilines is 1. The topological polar surface area (TPSA) is 75.2 Å². The molecule has 1 saturated carbocycles. The van der Waals surface area contributed by atoms with E-state index in [4.69, 9.17) is 4.98 Å². The van der Waals surface area contributed by atoms with Gasteiger partial charge in [-0.05, 0) is 43.7 Å². The minimum absolute atomic E-state index is 0.0340. The molecular weight excluding hydrogens is 420 g/mol. The standard InChI is InChI=1S/C25H24N4O2S/c1-14-21-15(2)26-23(17-11-12-17)28-24(21)32-22(14)25(31)29(3)13-20(30)27-19-10-6-8-16-7-4-5-9-18(16)19/h4-10,17H,11-13H2,1-3H3,(H,27,30). The maximum atomic E-state index is 13.2. The number of benzene rings is 2. The van der Waals surface area contributed by atoms with Crippen LogP contribution >= 0.6 is 11.3 Å². The number of nitrogens with zero attached hydrogens (tertiary/aromatic N) is 3. The van der Waals surface area contributed by atoms with Gasteiger partial charge in [0.05, 0.1) is 17.1 Å². The highest BCUT2D eigenvalue weighted by molar-refractivity contribution is 7.20. The first-order chi connectivity index (χ1) is 15.4. The number of thiophene rings is 1. The summed E-state index contributed by atoms with van der Waals surface area (Å²) in [6.07, 6.45) is 2.27. The fourth-order valence-corrected chi connectivity index (χ4v) is 5.31. The lowest BCUT2D eigenvalue weighted by molar-refractivity contribution is -0.116. The minimum Gasteiger partial charge on any atom is -0.332 e. The number of amides is 2. The summed E-state index contributed by atoms with van der Waals surface area (Å²) in [5, 5.41) is 5.93. The third-order valence-electron chi connectivity index (χ3n) is 5.92. The largest absolute Gasteiger partial charge is 0.332 e. The highest BCUT2D eigenvalue weighted by Gasteiger charge is 2.29. The Morgan fingerprint density at radius 1 is 1.09 bits per heavy atom. The maximum absolute atomic E-state index is 13.2. The Bertz CT molecular complexity index is 1370. The highest BCUT2D eigenvalue weighted by Crippen LogP contribution is 2.40. The van der Waals surface area contributed by atoms with E-state index in [1.165, 1.54) is 16.2 Å². The van der Waals surface area contributed by atoms with E-state index in [0.717, 1.165) is 56.6 Å². The molecule has 0 unspecified atom stereocenters. The molecule has 1 aliphatic carbocycles. The summed E-state index contributed by atoms with van der Waals surface area (Å²) in [4.78, 5) is 38.2. The molecule has 2 heterocycles. The molecule has 0 aliphatic heterocycles. The van der Waals surface area contributed by atoms with E-state index in [1.54, 1.807) is 7.05 Å². The van der Waals surface area contributed by atoms with Crippen LogP contribution in [-0.2, 0) is 4.79 Å². The van der Waals surface area contributed by atoms with E-state index in [1.807, 2.05) is 56.3 Å². The normalized spacial score (nSPS) is 13.5. The SMILES string of the molecule is Cc1nc(C2CC2)nc2sc(C(=O)N(C)CC(=O)Nc3cccc4ccccc34)c(C)c12. The van der Waals surface area contributed by atoms with Gasteiger partial charge in [-0.15, -0.1) is 11.3 Å². The van der Waals surface area contributed by atoms with Gasteiger partial charge in [-0.1, -0.05) is 36.4 Å². The zero-order valence-corrected chi connectivity index (χ0v) is 19.1. The highest BCUT2D eigenvalue weighted by atomic mass is 32.1. The average Bonchev–Trinajstić information content (AvgIpc) is 3.57. The third-order valence-corrected chi connectivity index (χ3v) is 7.09. The Balaban J connectivity index is 1.35. The van der Waals surface area contributed by atoms with E-state index < -0.39 is 0 Å². The molecule has 4 aromatic rings. The molecule has 0 radical (unpaired) electrons. The number of nitrogens with one attached hydrogen (secondary N) is 1. The molecule has 7 heteroatoms. The van der Waals surface area contributed by atoms with Gasteiger partial charge in [-0.2, -0.15) is 0 Å². The summed E-state index contributed by atoms with van der Waals surface area (Å²) in [6, 6.07) is 13.7. The van der Waals surface area contributed by atoms with Crippen molar-refractivity contribution < 1.29 is 9.59 Å². The van der Waals surface area contributed by atoms with Crippen LogP contribution in [0.2, 0.25) is 0 Å². The van der Waals surface area contributed by atoms with Gasteiger partial charge in [0.1, 0.15) is 10.7 Å². The van der Waals surface area contributed by atoms with Gasteiger partial charge >= 0.3 is 0 Å². The number of aromatic nitrogens is 2. The van der Waals surface area contributed by atoms with Crippen molar-refractivity contribution >= 4 is 49.8 Å². The molecular formula is C25H24N4O2S. The number of likely N-dealkylation sites (N-methyl/N-ethyl adjacent to an activating group) is 1. The summed E-state index contributed by atoms with van der Waals surface area (Å²) in [5.74, 6) is 0.937. The first-order valence-corrected chi connectivity index (χ1v) is 11.5. The predicted octanol–water partition coefficient (Wildman–Crippen LogP) is 5.05. The number of rotatable bonds is 5. The van der Waals surface area contributed by atoms with Crippen LogP contribution in [0.25, 0.3) is 21.0 Å². The van der Waals surface area contributed by atoms with Crippen LogP contribution in [0.4, 0.5) is 5.69 Å². The van der Waals surface area contributed by atoms with Crippen LogP contribution in [0, 0.1) is 13.8 Å². The van der Waals surface area contributed by atoms with Crippen LogP contribution < -0.4 is 5.32 Å². The first-order valence-electron chi connectivity index (χ1n) is 10.7. The quantitative estimate of drug-likeness (QED) is 0.467. The molecule has 0 saturated heterocycles. The van der Waals surface area contributed by atoms with Gasteiger partial charge in [0.15, 0.2) is 0 Å². The number of carbonyl (C=O) groups is 2. The third kappa shape index (κ3) is 3.73. The molecule has 2 aromatic carbocycles. The average molecular weight is 445 g/mol. The molecule has 0 atom stereocenters. The number of hydrogen-bond donors (Lipinski definition) is 1. The van der Waals surface area contributed by atoms with Crippen LogP contribution in [-0.4, -0.2) is 40.3 Å². The van der Waals surface area contributed by atoms with E-state index >= 15 is 0 Å². The van der Waals surface area contributed by atoms with Crippen molar-refractivity contribution in [3.05, 3.63) is 64.4 Å². The monoisotopic (exact) mass is 444 g/mol. The number of fused-ring (bicyclic) bond motifs is 2. The summed E-state index contributed by atoms with van der Waals surface area (Å²) >= 11 is 1.39. The molecule has 6 nitrogen and oxygen atoms in total. The zero-order chi connectivity index (χ0) is 22.4. The van der Waals surface area contributed by atoms with E-state index in [0.29, 0.717) is 10.8 Å². The Kier molecular flexibility index (Phi) is 5.13. The second-order valence-electron chi connectivity index (χ2n) is 8.41. The molecule has 2 amide bonds. The van der Waals surface area contributed by atoms with Crippen molar-refractivity contribution in [3.63, 3.8) is 0 Å². The Labute approximate surface area is 190 Å². The summed E-state index contributed by atoms with van der Waals surface area (Å²) in [6.45, 7) is 3.88. The van der Waals surface area contributed by atoms with Crippen molar-refractivity contribution in [2.75, 3.05) is 18.9 Å². The molecule has 1 fully saturated rings. The Morgan fingerprint density at radius 3 is 2.62 bits per heavy atom. The fourth-order valence-electron chi connectivity index (χ4n) is 4.07. The second-order valence-corrected chi connectivity index (χ2v) is 9.41. The molecule has 2 aromatic heterocycles. The van der Waals surface area contributed by atoms with E-state index in [2.05, 4.69) is 10.3 Å². The van der Waals surface area contributed by atoms with Crippen molar-refractivity contribution in [1.82, 2.24) is 14.9 Å². The second kappa shape index (κ2) is 7.98. The molecule has 5 rings (SSSR count). The van der Waals surface area contributed by atoms with Gasteiger partial charge in [-0.3, -0.25) is 9.59 Å². The molecule has 0 spiro atoms. The van der Waals surface area contributed by atoms with Crippen molar-refractivity contribution in [3.8, 4) is 0 Å². The van der Waals surface area contributed by atoms with Crippen LogP contribution in [0.3, 0.4) is 0 Å². The van der Waals surface area contributed by atoms with Crippen molar-refractivity contribution in [1.29, 1.82) is 0 Å². The van der Waals surface area contributed by atoms with Crippen LogP contribution in [0.1, 0.15) is 45.5 Å². The summed E-state index contributed by atoms with van der Waals surface area (Å²) < 4.78 is 0. The van der Waals surface area contributed by atoms with Crippen molar-refractivity contribution in [2.45, 2.75) is 32.6 Å². The summed E-state index contributed by atoms with van der Waals surface area (Å²) in [7, 11) is 1.66. The van der Waals surface area contributed by atoms with Crippen molar-refractivity contribution in [2.24, 2.45) is 0 Å². The minimum atomic E-state index is -0.233. The molecule has 1 N–H and O–H groups in total. The lowest BCUT2D eigenvalue weighted by Crippen LogP contribution is -2.34. The fraction of sp³-hybridized carbons (Fsp3) is 0.280. The molecule has 32 heavy (non-hydrogen) atoms. The zero-order valence-electron chi connectivity index (χ0n) is 18.3. The van der Waals surface area contributed by atoms with Crippen LogP contribution in [0.15, 0.2) is 42.5 Å². The number of hydrogen-bond acceptors (Lipinski definition) is 5. The predicted molar refractivity (Wildman–Crippen MR) is 128 cm³/mol. The summed E-state index contributed by atoms with van der Waals surface area (Å²) in [5.41, 5.74) is 2.54. The molecule has 162 valence electrons. The maximum Gasteiger partial charge on any atom is 0.264 e. The van der Waals surface area contributed by atoms with Crippen LogP contribution in [0.5, 0.6) is 0 Å². The number of aryl methyl sites for hydroxylation is 2. The Morgan fingerprint density at radius 2 is 1.84 bits per heavy atom. The first kappa shape index (κ1) is 20.6. The lowest BCUT2D eigenvalue weighted by atomic mass is 10.1. The molecule has 1 aliphatic rings. The van der Waals surface area contributed by atoms with Gasteiger partial charge in [0.2, 0.25) is 5.91 Å². The van der Waals surface area contributed by atoms with E-state index in [9.17, 15) is 9.59 Å². The van der Waals surface area contributed by atoms with Gasteiger partial charge in [0, 0.05) is 29.4 Å². The lowest BCUT2D eigenvalue weighted by Gasteiger charge is -2.17. The van der Waals surface area contributed by atoms with E-state index in [-0.39, 0.29) is 18.4 Å². The van der Waals surface area contributed by atoms with Gasteiger partial charge in [-0.25, -0.2) is 9.97 Å².